The van der Waals surface area contributed by atoms with Crippen molar-refractivity contribution < 1.29 is 0 Å². The molecule has 3 rings (SSSR count). The maximum atomic E-state index is 4.43. The van der Waals surface area contributed by atoms with Gasteiger partial charge in [0.05, 0.1) is 0 Å². The molecule has 0 aliphatic carbocycles. The standard InChI is InChI=1S/C12H12N4S/c1-7-3-4-10-8(5-7)9(6-13-10)11-14-12(17-2)16-15-11/h3-6,13H,1-2H3,(H,14,15,16). The summed E-state index contributed by atoms with van der Waals surface area (Å²) in [4.78, 5) is 7.67. The van der Waals surface area contributed by atoms with Crippen LogP contribution < -0.4 is 0 Å². The van der Waals surface area contributed by atoms with Crippen LogP contribution in [-0.2, 0) is 0 Å². The summed E-state index contributed by atoms with van der Waals surface area (Å²) < 4.78 is 0. The number of aryl methyl sites for hydroxylation is 1. The molecule has 3 aromatic rings. The summed E-state index contributed by atoms with van der Waals surface area (Å²) in [6.07, 6.45) is 3.93. The van der Waals surface area contributed by atoms with E-state index in [0.29, 0.717) is 0 Å². The first kappa shape index (κ1) is 10.4. The van der Waals surface area contributed by atoms with E-state index in [9.17, 15) is 0 Å². The second kappa shape index (κ2) is 3.92. The smallest absolute Gasteiger partial charge is 0.208 e. The van der Waals surface area contributed by atoms with Crippen molar-refractivity contribution in [3.05, 3.63) is 30.0 Å². The van der Waals surface area contributed by atoms with Gasteiger partial charge in [-0.1, -0.05) is 23.4 Å². The second-order valence-corrected chi connectivity index (χ2v) is 4.70. The molecule has 5 heteroatoms. The van der Waals surface area contributed by atoms with E-state index in [2.05, 4.69) is 45.3 Å². The van der Waals surface area contributed by atoms with Gasteiger partial charge in [-0.3, -0.25) is 5.10 Å². The molecule has 0 saturated carbocycles. The highest BCUT2D eigenvalue weighted by Crippen LogP contribution is 2.27. The summed E-state index contributed by atoms with van der Waals surface area (Å²) in [6, 6.07) is 6.33. The van der Waals surface area contributed by atoms with Crippen molar-refractivity contribution in [3.8, 4) is 11.4 Å². The van der Waals surface area contributed by atoms with Gasteiger partial charge in [0.25, 0.3) is 0 Å². The van der Waals surface area contributed by atoms with E-state index in [-0.39, 0.29) is 0 Å². The van der Waals surface area contributed by atoms with E-state index < -0.39 is 0 Å². The number of aromatic amines is 2. The first-order chi connectivity index (χ1) is 8.28. The van der Waals surface area contributed by atoms with E-state index in [1.54, 1.807) is 0 Å². The van der Waals surface area contributed by atoms with E-state index in [4.69, 9.17) is 0 Å². The molecule has 4 nitrogen and oxygen atoms in total. The minimum Gasteiger partial charge on any atom is -0.360 e. The Kier molecular flexibility index (Phi) is 2.40. The van der Waals surface area contributed by atoms with E-state index in [1.165, 1.54) is 22.7 Å². The molecule has 2 aromatic heterocycles. The number of benzene rings is 1. The molecular formula is C12H12N4S. The molecule has 0 radical (unpaired) electrons. The molecule has 1 aromatic carbocycles. The third kappa shape index (κ3) is 1.72. The van der Waals surface area contributed by atoms with E-state index >= 15 is 0 Å². The molecule has 0 unspecified atom stereocenters. The van der Waals surface area contributed by atoms with Crippen molar-refractivity contribution in [2.24, 2.45) is 0 Å². The normalized spacial score (nSPS) is 11.2. The number of nitrogens with zero attached hydrogens (tertiary/aromatic N) is 2. The molecule has 0 saturated heterocycles. The quantitative estimate of drug-likeness (QED) is 0.681. The molecular weight excluding hydrogens is 232 g/mol. The number of thioether (sulfide) groups is 1. The molecule has 0 amide bonds. The lowest BCUT2D eigenvalue weighted by Crippen LogP contribution is -1.79. The average molecular weight is 244 g/mol. The molecule has 0 bridgehead atoms. The van der Waals surface area contributed by atoms with Gasteiger partial charge >= 0.3 is 0 Å². The monoisotopic (exact) mass is 244 g/mol. The highest BCUT2D eigenvalue weighted by Gasteiger charge is 2.10. The predicted octanol–water partition coefficient (Wildman–Crippen LogP) is 2.98. The summed E-state index contributed by atoms with van der Waals surface area (Å²) >= 11 is 1.53. The van der Waals surface area contributed by atoms with Crippen molar-refractivity contribution in [3.63, 3.8) is 0 Å². The summed E-state index contributed by atoms with van der Waals surface area (Å²) in [5.41, 5.74) is 3.42. The van der Waals surface area contributed by atoms with Crippen molar-refractivity contribution in [1.29, 1.82) is 0 Å². The zero-order valence-electron chi connectivity index (χ0n) is 9.61. The highest BCUT2D eigenvalue weighted by atomic mass is 32.2. The first-order valence-corrected chi connectivity index (χ1v) is 6.55. The van der Waals surface area contributed by atoms with E-state index in [1.807, 2.05) is 12.5 Å². The summed E-state index contributed by atoms with van der Waals surface area (Å²) in [5, 5.41) is 9.04. The van der Waals surface area contributed by atoms with Crippen LogP contribution in [0.2, 0.25) is 0 Å². The molecule has 0 aliphatic heterocycles. The Balaban J connectivity index is 2.19. The van der Waals surface area contributed by atoms with Crippen molar-refractivity contribution in [2.45, 2.75) is 12.1 Å². The Bertz CT molecular complexity index is 668. The van der Waals surface area contributed by atoms with Crippen LogP contribution in [0, 0.1) is 6.92 Å². The van der Waals surface area contributed by atoms with Crippen LogP contribution in [0.25, 0.3) is 22.3 Å². The molecule has 2 N–H and O–H groups in total. The zero-order valence-corrected chi connectivity index (χ0v) is 10.4. The van der Waals surface area contributed by atoms with Crippen LogP contribution in [0.5, 0.6) is 0 Å². The number of hydrogen-bond donors (Lipinski definition) is 2. The topological polar surface area (TPSA) is 57.4 Å². The highest BCUT2D eigenvalue weighted by molar-refractivity contribution is 7.98. The fraction of sp³-hybridized carbons (Fsp3) is 0.167. The van der Waals surface area contributed by atoms with Gasteiger partial charge in [-0.25, -0.2) is 4.98 Å². The number of nitrogens with one attached hydrogen (secondary N) is 2. The van der Waals surface area contributed by atoms with Gasteiger partial charge in [-0.05, 0) is 25.3 Å². The predicted molar refractivity (Wildman–Crippen MR) is 70.2 cm³/mol. The fourth-order valence-electron chi connectivity index (χ4n) is 1.89. The van der Waals surface area contributed by atoms with Gasteiger partial charge < -0.3 is 4.98 Å². The van der Waals surface area contributed by atoms with Gasteiger partial charge in [0, 0.05) is 22.7 Å². The number of rotatable bonds is 2. The van der Waals surface area contributed by atoms with Gasteiger partial charge in [0.15, 0.2) is 5.82 Å². The molecule has 86 valence electrons. The Morgan fingerprint density at radius 3 is 2.94 bits per heavy atom. The lowest BCUT2D eigenvalue weighted by molar-refractivity contribution is 0.976. The lowest BCUT2D eigenvalue weighted by Gasteiger charge is -1.95. The van der Waals surface area contributed by atoms with Crippen LogP contribution in [0.1, 0.15) is 5.56 Å². The maximum absolute atomic E-state index is 4.43. The summed E-state index contributed by atoms with van der Waals surface area (Å²) in [6.45, 7) is 2.09. The number of H-pyrrole nitrogens is 2. The average Bonchev–Trinajstić information content (AvgIpc) is 2.93. The molecule has 0 fully saturated rings. The summed E-state index contributed by atoms with van der Waals surface area (Å²) in [7, 11) is 0. The van der Waals surface area contributed by atoms with Crippen LogP contribution in [0.4, 0.5) is 0 Å². The van der Waals surface area contributed by atoms with Crippen molar-refractivity contribution in [2.75, 3.05) is 6.26 Å². The Morgan fingerprint density at radius 1 is 1.29 bits per heavy atom. The third-order valence-corrected chi connectivity index (χ3v) is 3.29. The zero-order chi connectivity index (χ0) is 11.8. The fourth-order valence-corrected chi connectivity index (χ4v) is 2.21. The Labute approximate surface area is 103 Å². The van der Waals surface area contributed by atoms with Crippen LogP contribution in [-0.4, -0.2) is 26.4 Å². The van der Waals surface area contributed by atoms with Crippen LogP contribution in [0.15, 0.2) is 29.6 Å². The van der Waals surface area contributed by atoms with Gasteiger partial charge in [-0.15, -0.1) is 5.10 Å². The van der Waals surface area contributed by atoms with Crippen LogP contribution >= 0.6 is 11.8 Å². The summed E-state index contributed by atoms with van der Waals surface area (Å²) in [5.74, 6) is 0.811. The third-order valence-electron chi connectivity index (χ3n) is 2.74. The number of fused-ring (bicyclic) bond motifs is 1. The number of hydrogen-bond acceptors (Lipinski definition) is 3. The molecule has 0 aliphatic rings. The Hall–Kier alpha value is -1.75. The Morgan fingerprint density at radius 2 is 2.18 bits per heavy atom. The largest absolute Gasteiger partial charge is 0.360 e. The van der Waals surface area contributed by atoms with Crippen molar-refractivity contribution >= 4 is 22.7 Å². The molecule has 0 atom stereocenters. The number of aromatic nitrogens is 4. The lowest BCUT2D eigenvalue weighted by atomic mass is 10.1. The SMILES string of the molecule is CSc1n[nH]c(-c2c[nH]c3ccc(C)cc23)n1. The molecule has 17 heavy (non-hydrogen) atoms. The maximum Gasteiger partial charge on any atom is 0.208 e. The molecule has 0 spiro atoms. The van der Waals surface area contributed by atoms with E-state index in [0.717, 1.165) is 22.1 Å². The van der Waals surface area contributed by atoms with Crippen LogP contribution in [0.3, 0.4) is 0 Å². The molecule has 2 heterocycles. The van der Waals surface area contributed by atoms with Crippen molar-refractivity contribution in [1.82, 2.24) is 20.2 Å². The minimum atomic E-state index is 0.766. The van der Waals surface area contributed by atoms with Gasteiger partial charge in [-0.2, -0.15) is 0 Å². The van der Waals surface area contributed by atoms with Gasteiger partial charge in [0.1, 0.15) is 0 Å². The minimum absolute atomic E-state index is 0.766. The second-order valence-electron chi connectivity index (χ2n) is 3.92. The van der Waals surface area contributed by atoms with Gasteiger partial charge in [0.2, 0.25) is 5.16 Å². The first-order valence-electron chi connectivity index (χ1n) is 5.32.